The second-order valence-corrected chi connectivity index (χ2v) is 11.5. The predicted molar refractivity (Wildman–Crippen MR) is 190 cm³/mol. The van der Waals surface area contributed by atoms with Crippen LogP contribution in [0.25, 0.3) is 22.6 Å². The lowest BCUT2D eigenvalue weighted by atomic mass is 9.94. The number of anilines is 1. The first-order valence-electron chi connectivity index (χ1n) is 15.7. The molecule has 0 aliphatic rings. The summed E-state index contributed by atoms with van der Waals surface area (Å²) in [6, 6.07) is 21.3. The number of carbonyl (C=O) groups is 2. The summed E-state index contributed by atoms with van der Waals surface area (Å²) in [4.78, 5) is 36.9. The van der Waals surface area contributed by atoms with Crippen molar-refractivity contribution in [3.05, 3.63) is 130 Å². The lowest BCUT2D eigenvalue weighted by Crippen LogP contribution is -2.20. The zero-order chi connectivity index (χ0) is 34.0. The number of hydrogen-bond donors (Lipinski definition) is 2. The summed E-state index contributed by atoms with van der Waals surface area (Å²) in [5, 5.41) is 6.40. The van der Waals surface area contributed by atoms with E-state index in [1.54, 1.807) is 30.6 Å². The number of pyridine rings is 3. The van der Waals surface area contributed by atoms with Crippen molar-refractivity contribution in [1.82, 2.24) is 20.3 Å². The van der Waals surface area contributed by atoms with Gasteiger partial charge in [0, 0.05) is 49.1 Å². The molecule has 0 saturated heterocycles. The summed E-state index contributed by atoms with van der Waals surface area (Å²) in [5.74, 6) is 1.48. The van der Waals surface area contributed by atoms with Gasteiger partial charge in [0.1, 0.15) is 36.0 Å². The molecule has 9 heteroatoms. The van der Waals surface area contributed by atoms with Crippen LogP contribution in [0.5, 0.6) is 11.5 Å². The third-order valence-electron chi connectivity index (χ3n) is 7.83. The first-order valence-corrected chi connectivity index (χ1v) is 15.7. The van der Waals surface area contributed by atoms with Crippen molar-refractivity contribution < 1.29 is 19.1 Å². The second kappa shape index (κ2) is 15.6. The monoisotopic (exact) mass is 641 g/mol. The van der Waals surface area contributed by atoms with E-state index in [1.165, 1.54) is 13.0 Å². The van der Waals surface area contributed by atoms with E-state index in [0.717, 1.165) is 61.4 Å². The molecule has 0 spiro atoms. The van der Waals surface area contributed by atoms with Gasteiger partial charge in [0.05, 0.1) is 5.69 Å². The number of amides is 2. The van der Waals surface area contributed by atoms with Gasteiger partial charge in [0.15, 0.2) is 0 Å². The maximum absolute atomic E-state index is 12.4. The number of nitrogens with zero attached hydrogens (tertiary/aromatic N) is 3. The van der Waals surface area contributed by atoms with Gasteiger partial charge in [-0.2, -0.15) is 0 Å². The number of ether oxygens (including phenoxy) is 2. The summed E-state index contributed by atoms with van der Waals surface area (Å²) in [6.07, 6.45) is 8.49. The third kappa shape index (κ3) is 8.70. The van der Waals surface area contributed by atoms with Crippen LogP contribution in [-0.4, -0.2) is 33.3 Å². The first kappa shape index (κ1) is 33.5. The van der Waals surface area contributed by atoms with Crippen LogP contribution in [0.4, 0.5) is 5.82 Å². The molecule has 0 radical (unpaired) electrons. The molecule has 2 aromatic carbocycles. The van der Waals surface area contributed by atoms with Crippen molar-refractivity contribution in [2.75, 3.05) is 11.9 Å². The Bertz CT molecular complexity index is 1990. The molecule has 5 aromatic rings. The Kier molecular flexibility index (Phi) is 10.9. The number of para-hydroxylation sites is 1. The number of allylic oxidation sites excluding steroid dienone is 1. The quantitative estimate of drug-likeness (QED) is 0.137. The van der Waals surface area contributed by atoms with E-state index in [2.05, 4.69) is 46.6 Å². The van der Waals surface area contributed by atoms with E-state index in [4.69, 9.17) is 14.5 Å². The highest BCUT2D eigenvalue weighted by molar-refractivity contribution is 5.92. The highest BCUT2D eigenvalue weighted by Crippen LogP contribution is 2.33. The fourth-order valence-electron chi connectivity index (χ4n) is 5.28. The zero-order valence-corrected chi connectivity index (χ0v) is 27.8. The number of hydrogen-bond acceptors (Lipinski definition) is 7. The van der Waals surface area contributed by atoms with Gasteiger partial charge < -0.3 is 20.1 Å². The largest absolute Gasteiger partial charge is 0.487 e. The molecule has 2 amide bonds. The minimum Gasteiger partial charge on any atom is -0.487 e. The van der Waals surface area contributed by atoms with E-state index >= 15 is 0 Å². The van der Waals surface area contributed by atoms with Crippen molar-refractivity contribution in [3.63, 3.8) is 0 Å². The van der Waals surface area contributed by atoms with Gasteiger partial charge in [0.2, 0.25) is 11.8 Å². The molecule has 0 bridgehead atoms. The van der Waals surface area contributed by atoms with E-state index in [1.807, 2.05) is 62.4 Å². The normalized spacial score (nSPS) is 11.5. The molecule has 0 fully saturated rings. The van der Waals surface area contributed by atoms with E-state index < -0.39 is 0 Å². The summed E-state index contributed by atoms with van der Waals surface area (Å²) in [7, 11) is 0. The number of fused-ring (bicyclic) bond motifs is 1. The van der Waals surface area contributed by atoms with Gasteiger partial charge in [-0.15, -0.1) is 0 Å². The molecule has 9 nitrogen and oxygen atoms in total. The Labute approximate surface area is 280 Å². The zero-order valence-electron chi connectivity index (χ0n) is 27.8. The molecular formula is C39H39N5O4. The molecular weight excluding hydrogens is 602 g/mol. The molecule has 244 valence electrons. The molecule has 5 rings (SSSR count). The average molecular weight is 642 g/mol. The van der Waals surface area contributed by atoms with Crippen molar-refractivity contribution in [2.45, 2.75) is 47.8 Å². The Morgan fingerprint density at radius 1 is 0.875 bits per heavy atom. The van der Waals surface area contributed by atoms with Crippen molar-refractivity contribution in [2.24, 2.45) is 0 Å². The molecule has 3 aromatic heterocycles. The highest BCUT2D eigenvalue weighted by atomic mass is 16.5. The molecule has 0 aliphatic heterocycles. The Hall–Kier alpha value is -5.83. The molecule has 0 unspecified atom stereocenters. The minimum absolute atomic E-state index is 0.189. The highest BCUT2D eigenvalue weighted by Gasteiger charge is 2.14. The Morgan fingerprint density at radius 3 is 2.46 bits per heavy atom. The SMILES string of the molecule is CC(=O)Nc1ccc(C=CC(=O)NCC=C(C)c2ccc(C)c(COc3cccc4c(OCc5ccccn5)cc(C)nc34)c2C)cn1. The minimum atomic E-state index is -0.219. The van der Waals surface area contributed by atoms with Crippen LogP contribution < -0.4 is 20.1 Å². The van der Waals surface area contributed by atoms with Gasteiger partial charge in [-0.1, -0.05) is 30.3 Å². The van der Waals surface area contributed by atoms with Crippen LogP contribution in [0.1, 0.15) is 53.1 Å². The number of aromatic nitrogens is 3. The van der Waals surface area contributed by atoms with Gasteiger partial charge in [-0.3, -0.25) is 14.6 Å². The van der Waals surface area contributed by atoms with Crippen molar-refractivity contribution in [3.8, 4) is 11.5 Å². The van der Waals surface area contributed by atoms with E-state index in [-0.39, 0.29) is 11.8 Å². The molecule has 0 aliphatic carbocycles. The molecule has 0 saturated carbocycles. The number of nitrogens with one attached hydrogen (secondary N) is 2. The van der Waals surface area contributed by atoms with Crippen LogP contribution in [0.3, 0.4) is 0 Å². The summed E-state index contributed by atoms with van der Waals surface area (Å²) in [6.45, 7) is 10.7. The fourth-order valence-corrected chi connectivity index (χ4v) is 5.28. The van der Waals surface area contributed by atoms with Crippen molar-refractivity contribution >= 4 is 40.2 Å². The molecule has 0 atom stereocenters. The van der Waals surface area contributed by atoms with E-state index in [0.29, 0.717) is 31.3 Å². The van der Waals surface area contributed by atoms with Crippen LogP contribution in [0.2, 0.25) is 0 Å². The van der Waals surface area contributed by atoms with Crippen LogP contribution in [0.15, 0.2) is 91.3 Å². The van der Waals surface area contributed by atoms with E-state index in [9.17, 15) is 9.59 Å². The number of benzene rings is 2. The standard InChI is InChI=1S/C39H39N5O4/c1-25-12-15-32(26(2)18-20-41-38(46)17-14-30-13-16-37(42-22-30)44-29(5)45)28(4)34(25)24-48-35-11-8-10-33-36(21-27(3)43-39(33)35)47-23-31-9-6-7-19-40-31/h6-19,21-22H,20,23-24H2,1-5H3,(H,41,46)(H,42,44,45). The Balaban J connectivity index is 1.24. The average Bonchev–Trinajstić information content (AvgIpc) is 3.07. The van der Waals surface area contributed by atoms with Crippen LogP contribution in [-0.2, 0) is 22.8 Å². The van der Waals surface area contributed by atoms with Gasteiger partial charge in [0.25, 0.3) is 0 Å². The number of aryl methyl sites for hydroxylation is 2. The topological polar surface area (TPSA) is 115 Å². The van der Waals surface area contributed by atoms with Gasteiger partial charge in [-0.05, 0) is 104 Å². The lowest BCUT2D eigenvalue weighted by molar-refractivity contribution is -0.116. The van der Waals surface area contributed by atoms with Gasteiger partial charge >= 0.3 is 0 Å². The van der Waals surface area contributed by atoms with Gasteiger partial charge in [-0.25, -0.2) is 9.97 Å². The summed E-state index contributed by atoms with van der Waals surface area (Å²) < 4.78 is 12.6. The fraction of sp³-hybridized carbons (Fsp3) is 0.205. The second-order valence-electron chi connectivity index (χ2n) is 11.5. The van der Waals surface area contributed by atoms with Crippen LogP contribution in [0, 0.1) is 20.8 Å². The number of carbonyl (C=O) groups excluding carboxylic acids is 2. The molecule has 3 heterocycles. The summed E-state index contributed by atoms with van der Waals surface area (Å²) in [5.41, 5.74) is 8.67. The summed E-state index contributed by atoms with van der Waals surface area (Å²) >= 11 is 0. The first-order chi connectivity index (χ1) is 23.2. The third-order valence-corrected chi connectivity index (χ3v) is 7.83. The predicted octanol–water partition coefficient (Wildman–Crippen LogP) is 7.30. The maximum Gasteiger partial charge on any atom is 0.244 e. The van der Waals surface area contributed by atoms with Crippen molar-refractivity contribution in [1.29, 1.82) is 0 Å². The Morgan fingerprint density at radius 2 is 1.71 bits per heavy atom. The van der Waals surface area contributed by atoms with Crippen LogP contribution >= 0.6 is 0 Å². The maximum atomic E-state index is 12.4. The number of rotatable bonds is 12. The molecule has 48 heavy (non-hydrogen) atoms. The lowest BCUT2D eigenvalue weighted by Gasteiger charge is -2.17. The smallest absolute Gasteiger partial charge is 0.244 e. The molecule has 2 N–H and O–H groups in total.